The summed E-state index contributed by atoms with van der Waals surface area (Å²) in [5.41, 5.74) is 1.86. The lowest BCUT2D eigenvalue weighted by Gasteiger charge is -1.96. The van der Waals surface area contributed by atoms with E-state index >= 15 is 0 Å². The number of carboxylic acids is 1. The molecule has 0 saturated carbocycles. The lowest BCUT2D eigenvalue weighted by Crippen LogP contribution is -1.99. The summed E-state index contributed by atoms with van der Waals surface area (Å²) in [4.78, 5) is 14.4. The smallest absolute Gasteiger partial charge is 0.303 e. The molecule has 1 N–H and O–H groups in total. The maximum Gasteiger partial charge on any atom is 0.303 e. The standard InChI is InChI=1S/C10H9N3O3/c14-9(15)4-3-8-10(13-16-12-8)7-2-1-5-11-6-7/h1-2,5-6H,3-4H2,(H,14,15). The van der Waals surface area contributed by atoms with Gasteiger partial charge in [0.1, 0.15) is 11.4 Å². The SMILES string of the molecule is O=C(O)CCc1nonc1-c1cccnc1. The Morgan fingerprint density at radius 3 is 3.00 bits per heavy atom. The summed E-state index contributed by atoms with van der Waals surface area (Å²) in [6.45, 7) is 0. The van der Waals surface area contributed by atoms with Gasteiger partial charge in [-0.25, -0.2) is 4.63 Å². The van der Waals surface area contributed by atoms with Gasteiger partial charge in [0.25, 0.3) is 0 Å². The first-order chi connectivity index (χ1) is 7.77. The summed E-state index contributed by atoms with van der Waals surface area (Å²) in [7, 11) is 0. The molecule has 82 valence electrons. The molecule has 0 saturated heterocycles. The van der Waals surface area contributed by atoms with Gasteiger partial charge in [-0.2, -0.15) is 0 Å². The number of aromatic nitrogens is 3. The number of hydrogen-bond acceptors (Lipinski definition) is 5. The number of pyridine rings is 1. The fourth-order valence-electron chi connectivity index (χ4n) is 1.32. The summed E-state index contributed by atoms with van der Waals surface area (Å²) >= 11 is 0. The Morgan fingerprint density at radius 2 is 2.31 bits per heavy atom. The molecule has 2 aromatic rings. The van der Waals surface area contributed by atoms with Gasteiger partial charge in [0, 0.05) is 24.4 Å². The molecular formula is C10H9N3O3. The largest absolute Gasteiger partial charge is 0.481 e. The van der Waals surface area contributed by atoms with Crippen molar-refractivity contribution in [2.24, 2.45) is 0 Å². The van der Waals surface area contributed by atoms with Gasteiger partial charge in [-0.1, -0.05) is 5.16 Å². The Bertz CT molecular complexity index is 481. The van der Waals surface area contributed by atoms with Gasteiger partial charge in [-0.15, -0.1) is 0 Å². The Balaban J connectivity index is 2.23. The Kier molecular flexibility index (Phi) is 2.90. The van der Waals surface area contributed by atoms with E-state index in [1.54, 1.807) is 18.5 Å². The molecule has 16 heavy (non-hydrogen) atoms. The third-order valence-corrected chi connectivity index (χ3v) is 2.07. The molecule has 2 rings (SSSR count). The highest BCUT2D eigenvalue weighted by atomic mass is 16.6. The fraction of sp³-hybridized carbons (Fsp3) is 0.200. The van der Waals surface area contributed by atoms with Crippen molar-refractivity contribution < 1.29 is 14.5 Å². The average molecular weight is 219 g/mol. The van der Waals surface area contributed by atoms with E-state index in [2.05, 4.69) is 19.9 Å². The minimum atomic E-state index is -0.875. The van der Waals surface area contributed by atoms with Crippen LogP contribution in [-0.2, 0) is 11.2 Å². The highest BCUT2D eigenvalue weighted by molar-refractivity contribution is 5.68. The van der Waals surface area contributed by atoms with Gasteiger partial charge in [0.05, 0.1) is 6.42 Å². The van der Waals surface area contributed by atoms with E-state index in [1.165, 1.54) is 0 Å². The van der Waals surface area contributed by atoms with Crippen LogP contribution in [0.3, 0.4) is 0 Å². The van der Waals surface area contributed by atoms with Gasteiger partial charge < -0.3 is 5.11 Å². The lowest BCUT2D eigenvalue weighted by molar-refractivity contribution is -0.136. The van der Waals surface area contributed by atoms with Crippen molar-refractivity contribution >= 4 is 5.97 Å². The topological polar surface area (TPSA) is 89.1 Å². The fourth-order valence-corrected chi connectivity index (χ4v) is 1.32. The van der Waals surface area contributed by atoms with E-state index < -0.39 is 5.97 Å². The van der Waals surface area contributed by atoms with Crippen molar-refractivity contribution in [2.75, 3.05) is 0 Å². The van der Waals surface area contributed by atoms with E-state index in [1.807, 2.05) is 6.07 Å². The van der Waals surface area contributed by atoms with Crippen LogP contribution in [0.4, 0.5) is 0 Å². The number of aliphatic carboxylic acids is 1. The molecule has 0 amide bonds. The number of rotatable bonds is 4. The zero-order valence-corrected chi connectivity index (χ0v) is 8.33. The van der Waals surface area contributed by atoms with Crippen LogP contribution in [0.1, 0.15) is 12.1 Å². The molecule has 2 heterocycles. The van der Waals surface area contributed by atoms with Gasteiger partial charge in [-0.3, -0.25) is 9.78 Å². The molecule has 0 aliphatic carbocycles. The second-order valence-corrected chi connectivity index (χ2v) is 3.19. The van der Waals surface area contributed by atoms with Crippen LogP contribution in [0, 0.1) is 0 Å². The van der Waals surface area contributed by atoms with Crippen molar-refractivity contribution in [3.63, 3.8) is 0 Å². The number of hydrogen-bond donors (Lipinski definition) is 1. The molecule has 0 atom stereocenters. The zero-order chi connectivity index (χ0) is 11.4. The molecule has 0 aliphatic heterocycles. The second kappa shape index (κ2) is 4.52. The maximum absolute atomic E-state index is 10.5. The van der Waals surface area contributed by atoms with Crippen LogP contribution in [-0.4, -0.2) is 26.4 Å². The summed E-state index contributed by atoms with van der Waals surface area (Å²) in [5, 5.41) is 16.0. The van der Waals surface area contributed by atoms with E-state index in [-0.39, 0.29) is 6.42 Å². The molecular weight excluding hydrogens is 210 g/mol. The molecule has 0 bridgehead atoms. The summed E-state index contributed by atoms with van der Waals surface area (Å²) in [6.07, 6.45) is 3.57. The third-order valence-electron chi connectivity index (χ3n) is 2.07. The van der Waals surface area contributed by atoms with Crippen LogP contribution in [0.5, 0.6) is 0 Å². The highest BCUT2D eigenvalue weighted by Crippen LogP contribution is 2.19. The number of nitrogens with zero attached hydrogens (tertiary/aromatic N) is 3. The van der Waals surface area contributed by atoms with Gasteiger partial charge in [0.2, 0.25) is 0 Å². The molecule has 0 spiro atoms. The first-order valence-corrected chi connectivity index (χ1v) is 4.71. The van der Waals surface area contributed by atoms with Crippen LogP contribution in [0.2, 0.25) is 0 Å². The summed E-state index contributed by atoms with van der Waals surface area (Å²) in [5.74, 6) is -0.875. The van der Waals surface area contributed by atoms with E-state index in [0.29, 0.717) is 17.8 Å². The third kappa shape index (κ3) is 2.22. The van der Waals surface area contributed by atoms with Crippen LogP contribution >= 0.6 is 0 Å². The van der Waals surface area contributed by atoms with Crippen molar-refractivity contribution in [1.82, 2.24) is 15.3 Å². The first-order valence-electron chi connectivity index (χ1n) is 4.71. The molecule has 0 fully saturated rings. The molecule has 0 unspecified atom stereocenters. The second-order valence-electron chi connectivity index (χ2n) is 3.19. The minimum absolute atomic E-state index is 0.00146. The van der Waals surface area contributed by atoms with Crippen LogP contribution < -0.4 is 0 Å². The predicted octanol–water partition coefficient (Wildman–Crippen LogP) is 1.15. The Labute approximate surface area is 90.9 Å². The highest BCUT2D eigenvalue weighted by Gasteiger charge is 2.13. The van der Waals surface area contributed by atoms with Crippen molar-refractivity contribution in [2.45, 2.75) is 12.8 Å². The number of carbonyl (C=O) groups is 1. The van der Waals surface area contributed by atoms with Crippen molar-refractivity contribution in [3.05, 3.63) is 30.2 Å². The summed E-state index contributed by atoms with van der Waals surface area (Å²) in [6, 6.07) is 3.59. The predicted molar refractivity (Wildman–Crippen MR) is 53.5 cm³/mol. The number of aryl methyl sites for hydroxylation is 1. The van der Waals surface area contributed by atoms with E-state index in [0.717, 1.165) is 5.56 Å². The monoisotopic (exact) mass is 219 g/mol. The average Bonchev–Trinajstić information content (AvgIpc) is 2.75. The van der Waals surface area contributed by atoms with Gasteiger partial charge >= 0.3 is 5.97 Å². The molecule has 0 aromatic carbocycles. The molecule has 6 nitrogen and oxygen atoms in total. The van der Waals surface area contributed by atoms with E-state index in [4.69, 9.17) is 5.11 Å². The van der Waals surface area contributed by atoms with Crippen LogP contribution in [0.15, 0.2) is 29.2 Å². The maximum atomic E-state index is 10.5. The van der Waals surface area contributed by atoms with Crippen molar-refractivity contribution in [3.8, 4) is 11.3 Å². The molecule has 0 radical (unpaired) electrons. The van der Waals surface area contributed by atoms with E-state index in [9.17, 15) is 4.79 Å². The Morgan fingerprint density at radius 1 is 1.44 bits per heavy atom. The van der Waals surface area contributed by atoms with Crippen molar-refractivity contribution in [1.29, 1.82) is 0 Å². The zero-order valence-electron chi connectivity index (χ0n) is 8.33. The number of carboxylic acid groups (broad SMARTS) is 1. The minimum Gasteiger partial charge on any atom is -0.481 e. The molecule has 0 aliphatic rings. The summed E-state index contributed by atoms with van der Waals surface area (Å²) < 4.78 is 4.61. The molecule has 2 aromatic heterocycles. The first kappa shape index (κ1) is 10.3. The quantitative estimate of drug-likeness (QED) is 0.829. The van der Waals surface area contributed by atoms with Gasteiger partial charge in [0.15, 0.2) is 0 Å². The lowest BCUT2D eigenvalue weighted by atomic mass is 10.1. The van der Waals surface area contributed by atoms with Gasteiger partial charge in [-0.05, 0) is 17.3 Å². The normalized spacial score (nSPS) is 10.2. The Hall–Kier alpha value is -2.24. The molecule has 6 heteroatoms. The van der Waals surface area contributed by atoms with Crippen LogP contribution in [0.25, 0.3) is 11.3 Å².